The Kier molecular flexibility index (Phi) is 2.84. The first-order chi connectivity index (χ1) is 8.74. The van der Waals surface area contributed by atoms with Crippen LogP contribution < -0.4 is 10.6 Å². The van der Waals surface area contributed by atoms with Crippen LogP contribution >= 0.6 is 11.6 Å². The average molecular weight is 260 g/mol. The Morgan fingerprint density at radius 3 is 3.06 bits per heavy atom. The number of pyridine rings is 1. The van der Waals surface area contributed by atoms with Crippen molar-refractivity contribution < 1.29 is 0 Å². The lowest BCUT2D eigenvalue weighted by atomic mass is 10.1. The zero-order valence-electron chi connectivity index (χ0n) is 9.94. The van der Waals surface area contributed by atoms with Gasteiger partial charge in [0.05, 0.1) is 5.02 Å². The number of nitrogen functional groups attached to an aromatic ring is 1. The standard InChI is InChI=1S/C14H14ClN3/c15-13-8-17-5-3-11(13)9-18-6-4-10-7-12(16)1-2-14(10)18/h1-3,5,7-8H,4,6,9,16H2. The summed E-state index contributed by atoms with van der Waals surface area (Å²) in [5.41, 5.74) is 10.3. The van der Waals surface area contributed by atoms with Gasteiger partial charge in [0.2, 0.25) is 0 Å². The molecule has 92 valence electrons. The Hall–Kier alpha value is -1.74. The summed E-state index contributed by atoms with van der Waals surface area (Å²) in [4.78, 5) is 6.34. The predicted octanol–water partition coefficient (Wildman–Crippen LogP) is 2.88. The van der Waals surface area contributed by atoms with Gasteiger partial charge in [0.25, 0.3) is 0 Å². The summed E-state index contributed by atoms with van der Waals surface area (Å²) in [7, 11) is 0. The zero-order chi connectivity index (χ0) is 12.5. The highest BCUT2D eigenvalue weighted by molar-refractivity contribution is 6.31. The van der Waals surface area contributed by atoms with E-state index in [1.165, 1.54) is 11.3 Å². The van der Waals surface area contributed by atoms with Crippen molar-refractivity contribution in [2.75, 3.05) is 17.2 Å². The van der Waals surface area contributed by atoms with Crippen LogP contribution in [0.5, 0.6) is 0 Å². The van der Waals surface area contributed by atoms with Crippen molar-refractivity contribution in [3.63, 3.8) is 0 Å². The number of rotatable bonds is 2. The molecule has 0 fully saturated rings. The molecule has 0 spiro atoms. The van der Waals surface area contributed by atoms with Crippen molar-refractivity contribution in [1.29, 1.82) is 0 Å². The number of hydrogen-bond donors (Lipinski definition) is 1. The van der Waals surface area contributed by atoms with E-state index in [1.54, 1.807) is 12.4 Å². The molecule has 2 N–H and O–H groups in total. The first-order valence-electron chi connectivity index (χ1n) is 5.96. The minimum absolute atomic E-state index is 0.724. The van der Waals surface area contributed by atoms with Crippen molar-refractivity contribution in [2.45, 2.75) is 13.0 Å². The van der Waals surface area contributed by atoms with Gasteiger partial charge in [0, 0.05) is 36.9 Å². The van der Waals surface area contributed by atoms with E-state index in [2.05, 4.69) is 22.0 Å². The predicted molar refractivity (Wildman–Crippen MR) is 74.9 cm³/mol. The maximum atomic E-state index is 6.15. The lowest BCUT2D eigenvalue weighted by molar-refractivity contribution is 0.835. The van der Waals surface area contributed by atoms with Crippen molar-refractivity contribution in [3.8, 4) is 0 Å². The molecule has 0 amide bonds. The summed E-state index contributed by atoms with van der Waals surface area (Å²) in [5, 5.41) is 0.724. The highest BCUT2D eigenvalue weighted by Gasteiger charge is 2.19. The summed E-state index contributed by atoms with van der Waals surface area (Å²) in [5.74, 6) is 0. The number of anilines is 2. The van der Waals surface area contributed by atoms with E-state index in [0.717, 1.165) is 35.8 Å². The summed E-state index contributed by atoms with van der Waals surface area (Å²) in [6, 6.07) is 8.07. The van der Waals surface area contributed by atoms with Gasteiger partial charge in [-0.3, -0.25) is 4.98 Å². The molecule has 0 atom stereocenters. The molecule has 4 heteroatoms. The highest BCUT2D eigenvalue weighted by atomic mass is 35.5. The molecule has 3 rings (SSSR count). The quantitative estimate of drug-likeness (QED) is 0.844. The SMILES string of the molecule is Nc1ccc2c(c1)CCN2Cc1ccncc1Cl. The van der Waals surface area contributed by atoms with Crippen LogP contribution in [0.2, 0.25) is 5.02 Å². The van der Waals surface area contributed by atoms with Gasteiger partial charge >= 0.3 is 0 Å². The maximum Gasteiger partial charge on any atom is 0.0639 e. The van der Waals surface area contributed by atoms with Gasteiger partial charge in [-0.25, -0.2) is 0 Å². The van der Waals surface area contributed by atoms with Gasteiger partial charge in [-0.05, 0) is 41.8 Å². The molecule has 0 aliphatic carbocycles. The number of halogens is 1. The molecular formula is C14H14ClN3. The van der Waals surface area contributed by atoms with E-state index in [1.807, 2.05) is 12.1 Å². The summed E-state index contributed by atoms with van der Waals surface area (Å²) in [6.07, 6.45) is 4.51. The zero-order valence-corrected chi connectivity index (χ0v) is 10.7. The van der Waals surface area contributed by atoms with E-state index in [4.69, 9.17) is 17.3 Å². The number of nitrogens with zero attached hydrogens (tertiary/aromatic N) is 2. The topological polar surface area (TPSA) is 42.1 Å². The fourth-order valence-electron chi connectivity index (χ4n) is 2.39. The number of aromatic nitrogens is 1. The third-order valence-electron chi connectivity index (χ3n) is 3.31. The Labute approximate surface area is 111 Å². The maximum absolute atomic E-state index is 6.15. The molecule has 1 aliphatic heterocycles. The fraction of sp³-hybridized carbons (Fsp3) is 0.214. The second-order valence-corrected chi connectivity index (χ2v) is 4.93. The van der Waals surface area contributed by atoms with Crippen LogP contribution in [-0.2, 0) is 13.0 Å². The van der Waals surface area contributed by atoms with Crippen LogP contribution in [0.3, 0.4) is 0 Å². The number of fused-ring (bicyclic) bond motifs is 1. The molecule has 0 unspecified atom stereocenters. The Morgan fingerprint density at radius 1 is 1.33 bits per heavy atom. The summed E-state index contributed by atoms with van der Waals surface area (Å²) in [6.45, 7) is 1.83. The van der Waals surface area contributed by atoms with Gasteiger partial charge in [0.15, 0.2) is 0 Å². The lowest BCUT2D eigenvalue weighted by Gasteiger charge is -2.20. The number of nitrogens with two attached hydrogens (primary N) is 1. The van der Waals surface area contributed by atoms with Gasteiger partial charge in [-0.1, -0.05) is 11.6 Å². The van der Waals surface area contributed by atoms with Crippen LogP contribution in [0.25, 0.3) is 0 Å². The molecule has 0 bridgehead atoms. The molecule has 3 nitrogen and oxygen atoms in total. The van der Waals surface area contributed by atoms with Gasteiger partial charge < -0.3 is 10.6 Å². The van der Waals surface area contributed by atoms with Crippen molar-refractivity contribution in [1.82, 2.24) is 4.98 Å². The van der Waals surface area contributed by atoms with Gasteiger partial charge in [-0.15, -0.1) is 0 Å². The van der Waals surface area contributed by atoms with E-state index in [0.29, 0.717) is 0 Å². The molecule has 1 aliphatic rings. The third kappa shape index (κ3) is 2.02. The molecule has 2 aromatic rings. The third-order valence-corrected chi connectivity index (χ3v) is 3.65. The minimum Gasteiger partial charge on any atom is -0.399 e. The van der Waals surface area contributed by atoms with E-state index in [-0.39, 0.29) is 0 Å². The smallest absolute Gasteiger partial charge is 0.0639 e. The fourth-order valence-corrected chi connectivity index (χ4v) is 2.57. The van der Waals surface area contributed by atoms with Crippen molar-refractivity contribution in [2.24, 2.45) is 0 Å². The number of hydrogen-bond acceptors (Lipinski definition) is 3. The molecule has 0 saturated carbocycles. The monoisotopic (exact) mass is 259 g/mol. The van der Waals surface area contributed by atoms with Crippen molar-refractivity contribution in [3.05, 3.63) is 52.8 Å². The lowest BCUT2D eigenvalue weighted by Crippen LogP contribution is -2.19. The van der Waals surface area contributed by atoms with Crippen LogP contribution in [0.15, 0.2) is 36.7 Å². The number of benzene rings is 1. The summed E-state index contributed by atoms with van der Waals surface area (Å²) >= 11 is 6.15. The van der Waals surface area contributed by atoms with Crippen LogP contribution in [-0.4, -0.2) is 11.5 Å². The first kappa shape index (κ1) is 11.4. The second-order valence-electron chi connectivity index (χ2n) is 4.53. The van der Waals surface area contributed by atoms with Crippen molar-refractivity contribution >= 4 is 23.0 Å². The van der Waals surface area contributed by atoms with E-state index >= 15 is 0 Å². The molecular weight excluding hydrogens is 246 g/mol. The molecule has 18 heavy (non-hydrogen) atoms. The van der Waals surface area contributed by atoms with Gasteiger partial charge in [0.1, 0.15) is 0 Å². The van der Waals surface area contributed by atoms with Crippen LogP contribution in [0.1, 0.15) is 11.1 Å². The minimum atomic E-state index is 0.724. The van der Waals surface area contributed by atoms with E-state index in [9.17, 15) is 0 Å². The normalized spacial score (nSPS) is 13.7. The van der Waals surface area contributed by atoms with Crippen LogP contribution in [0, 0.1) is 0 Å². The van der Waals surface area contributed by atoms with Gasteiger partial charge in [-0.2, -0.15) is 0 Å². The molecule has 2 heterocycles. The summed E-state index contributed by atoms with van der Waals surface area (Å²) < 4.78 is 0. The molecule has 0 radical (unpaired) electrons. The molecule has 1 aromatic heterocycles. The molecule has 0 saturated heterocycles. The average Bonchev–Trinajstić information content (AvgIpc) is 2.74. The van der Waals surface area contributed by atoms with Crippen LogP contribution in [0.4, 0.5) is 11.4 Å². The highest BCUT2D eigenvalue weighted by Crippen LogP contribution is 2.31. The Bertz CT molecular complexity index is 583. The van der Waals surface area contributed by atoms with E-state index < -0.39 is 0 Å². The first-order valence-corrected chi connectivity index (χ1v) is 6.33. The largest absolute Gasteiger partial charge is 0.399 e. The Morgan fingerprint density at radius 2 is 2.22 bits per heavy atom. The Balaban J connectivity index is 1.87. The second kappa shape index (κ2) is 4.50. The molecule has 1 aromatic carbocycles.